The van der Waals surface area contributed by atoms with E-state index in [2.05, 4.69) is 10.0 Å². The number of rotatable bonds is 10. The molecule has 0 aliphatic rings. The van der Waals surface area contributed by atoms with E-state index in [1.807, 2.05) is 26.0 Å². The summed E-state index contributed by atoms with van der Waals surface area (Å²) in [5, 5.41) is 2.67. The van der Waals surface area contributed by atoms with Gasteiger partial charge in [0.2, 0.25) is 10.0 Å². The molecule has 0 spiro atoms. The Bertz CT molecular complexity index is 956. The maximum absolute atomic E-state index is 13.1. The molecule has 1 amide bonds. The Hall–Kier alpha value is -2.58. The Morgan fingerprint density at radius 1 is 1.03 bits per heavy atom. The van der Waals surface area contributed by atoms with Crippen molar-refractivity contribution in [2.24, 2.45) is 5.92 Å². The van der Waals surface area contributed by atoms with E-state index in [0.717, 1.165) is 5.56 Å². The maximum atomic E-state index is 13.1. The van der Waals surface area contributed by atoms with Gasteiger partial charge in [0, 0.05) is 12.6 Å². The molecule has 0 bridgehead atoms. The van der Waals surface area contributed by atoms with Crippen molar-refractivity contribution in [3.63, 3.8) is 0 Å². The summed E-state index contributed by atoms with van der Waals surface area (Å²) in [6.45, 7) is 6.28. The van der Waals surface area contributed by atoms with Crippen molar-refractivity contribution in [1.29, 1.82) is 0 Å². The lowest BCUT2D eigenvalue weighted by Crippen LogP contribution is -2.30. The van der Waals surface area contributed by atoms with Crippen LogP contribution in [0.25, 0.3) is 0 Å². The first-order valence-corrected chi connectivity index (χ1v) is 11.3. The Labute approximate surface area is 178 Å². The zero-order valence-corrected chi connectivity index (χ0v) is 18.9. The lowest BCUT2D eigenvalue weighted by molar-refractivity contribution is 0.0952. The first-order chi connectivity index (χ1) is 14.2. The van der Waals surface area contributed by atoms with E-state index in [4.69, 9.17) is 9.47 Å². The largest absolute Gasteiger partial charge is 0.497 e. The van der Waals surface area contributed by atoms with Crippen LogP contribution in [-0.4, -0.2) is 35.1 Å². The standard InChI is InChI=1S/C22H30N2O5S/c1-6-23-22(25)19-14-18(11-12-21(19)29-5)30(26,27)24-20(13-15(2)3)16-7-9-17(28-4)10-8-16/h7-12,14-15,20,24H,6,13H2,1-5H3,(H,23,25). The van der Waals surface area contributed by atoms with Crippen molar-refractivity contribution in [3.05, 3.63) is 53.6 Å². The maximum Gasteiger partial charge on any atom is 0.255 e. The highest BCUT2D eigenvalue weighted by Crippen LogP contribution is 2.27. The Morgan fingerprint density at radius 3 is 2.23 bits per heavy atom. The van der Waals surface area contributed by atoms with Crippen LogP contribution in [0.3, 0.4) is 0 Å². The predicted molar refractivity (Wildman–Crippen MR) is 117 cm³/mol. The third kappa shape index (κ3) is 5.96. The van der Waals surface area contributed by atoms with Gasteiger partial charge in [-0.25, -0.2) is 13.1 Å². The fourth-order valence-corrected chi connectivity index (χ4v) is 4.37. The van der Waals surface area contributed by atoms with Crippen LogP contribution in [0.15, 0.2) is 47.4 Å². The highest BCUT2D eigenvalue weighted by molar-refractivity contribution is 7.89. The van der Waals surface area contributed by atoms with Gasteiger partial charge < -0.3 is 14.8 Å². The first kappa shape index (κ1) is 23.7. The van der Waals surface area contributed by atoms with Crippen molar-refractivity contribution in [1.82, 2.24) is 10.0 Å². The smallest absolute Gasteiger partial charge is 0.255 e. The minimum absolute atomic E-state index is 0.00632. The van der Waals surface area contributed by atoms with Crippen molar-refractivity contribution in [2.45, 2.75) is 38.1 Å². The number of carbonyl (C=O) groups is 1. The Kier molecular flexibility index (Phi) is 8.25. The van der Waals surface area contributed by atoms with E-state index in [1.54, 1.807) is 26.2 Å². The van der Waals surface area contributed by atoms with Crippen molar-refractivity contribution in [3.8, 4) is 11.5 Å². The number of amides is 1. The molecule has 2 N–H and O–H groups in total. The van der Waals surface area contributed by atoms with E-state index in [9.17, 15) is 13.2 Å². The number of benzene rings is 2. The molecule has 0 aromatic heterocycles. The lowest BCUT2D eigenvalue weighted by Gasteiger charge is -2.22. The number of nitrogens with one attached hydrogen (secondary N) is 2. The summed E-state index contributed by atoms with van der Waals surface area (Å²) in [7, 11) is -0.862. The topological polar surface area (TPSA) is 93.7 Å². The summed E-state index contributed by atoms with van der Waals surface area (Å²) in [5.74, 6) is 0.891. The van der Waals surface area contributed by atoms with Gasteiger partial charge in [0.15, 0.2) is 0 Å². The molecule has 0 saturated heterocycles. The lowest BCUT2D eigenvalue weighted by atomic mass is 9.98. The van der Waals surface area contributed by atoms with E-state index < -0.39 is 16.1 Å². The van der Waals surface area contributed by atoms with Gasteiger partial charge in [0.1, 0.15) is 11.5 Å². The summed E-state index contributed by atoms with van der Waals surface area (Å²) >= 11 is 0. The summed E-state index contributed by atoms with van der Waals surface area (Å²) < 4.78 is 39.5. The summed E-state index contributed by atoms with van der Waals surface area (Å²) in [6.07, 6.45) is 0.616. The average Bonchev–Trinajstić information content (AvgIpc) is 2.72. The monoisotopic (exact) mass is 434 g/mol. The van der Waals surface area contributed by atoms with E-state index in [1.165, 1.54) is 25.3 Å². The quantitative estimate of drug-likeness (QED) is 0.597. The molecule has 1 atom stereocenters. The van der Waals surface area contributed by atoms with Gasteiger partial charge in [0.25, 0.3) is 5.91 Å². The molecule has 8 heteroatoms. The number of hydrogen-bond acceptors (Lipinski definition) is 5. The number of hydrogen-bond donors (Lipinski definition) is 2. The second kappa shape index (κ2) is 10.4. The van der Waals surface area contributed by atoms with Gasteiger partial charge in [-0.1, -0.05) is 26.0 Å². The molecule has 0 fully saturated rings. The van der Waals surface area contributed by atoms with Crippen molar-refractivity contribution in [2.75, 3.05) is 20.8 Å². The van der Waals surface area contributed by atoms with Crippen LogP contribution in [0, 0.1) is 5.92 Å². The van der Waals surface area contributed by atoms with E-state index in [-0.39, 0.29) is 22.3 Å². The molecule has 0 aliphatic carbocycles. The summed E-state index contributed by atoms with van der Waals surface area (Å²) in [5.41, 5.74) is 1.01. The molecular formula is C22H30N2O5S. The molecule has 2 aromatic rings. The Morgan fingerprint density at radius 2 is 1.70 bits per heavy atom. The first-order valence-electron chi connectivity index (χ1n) is 9.84. The fraction of sp³-hybridized carbons (Fsp3) is 0.409. The number of carbonyl (C=O) groups excluding carboxylic acids is 1. The number of methoxy groups -OCH3 is 2. The molecule has 0 aliphatic heterocycles. The van der Waals surface area contributed by atoms with Crippen molar-refractivity contribution >= 4 is 15.9 Å². The molecule has 0 saturated carbocycles. The molecule has 2 aromatic carbocycles. The molecule has 0 radical (unpaired) electrons. The van der Waals surface area contributed by atoms with Crippen LogP contribution < -0.4 is 19.5 Å². The molecule has 1 unspecified atom stereocenters. The van der Waals surface area contributed by atoms with Gasteiger partial charge in [-0.15, -0.1) is 0 Å². The van der Waals surface area contributed by atoms with E-state index in [0.29, 0.717) is 24.5 Å². The van der Waals surface area contributed by atoms with Crippen LogP contribution in [0.4, 0.5) is 0 Å². The van der Waals surface area contributed by atoms with Gasteiger partial charge in [-0.05, 0) is 55.2 Å². The molecule has 30 heavy (non-hydrogen) atoms. The number of ether oxygens (including phenoxy) is 2. The average molecular weight is 435 g/mol. The molecule has 7 nitrogen and oxygen atoms in total. The molecule has 164 valence electrons. The molecule has 2 rings (SSSR count). The van der Waals surface area contributed by atoms with Crippen LogP contribution >= 0.6 is 0 Å². The van der Waals surface area contributed by atoms with Gasteiger partial charge >= 0.3 is 0 Å². The third-order valence-corrected chi connectivity index (χ3v) is 6.06. The predicted octanol–water partition coefficient (Wildman–Crippen LogP) is 3.52. The minimum Gasteiger partial charge on any atom is -0.497 e. The third-order valence-electron chi connectivity index (χ3n) is 4.59. The number of sulfonamides is 1. The molecule has 0 heterocycles. The molecular weight excluding hydrogens is 404 g/mol. The van der Waals surface area contributed by atoms with Crippen LogP contribution in [-0.2, 0) is 10.0 Å². The normalized spacial score (nSPS) is 12.5. The summed E-state index contributed by atoms with van der Waals surface area (Å²) in [4.78, 5) is 12.3. The zero-order valence-electron chi connectivity index (χ0n) is 18.1. The van der Waals surface area contributed by atoms with Crippen molar-refractivity contribution < 1.29 is 22.7 Å². The van der Waals surface area contributed by atoms with E-state index >= 15 is 0 Å². The summed E-state index contributed by atoms with van der Waals surface area (Å²) in [6, 6.07) is 11.2. The highest BCUT2D eigenvalue weighted by atomic mass is 32.2. The van der Waals surface area contributed by atoms with Gasteiger partial charge in [-0.3, -0.25) is 4.79 Å². The van der Waals surface area contributed by atoms with Crippen LogP contribution in [0.5, 0.6) is 11.5 Å². The second-order valence-electron chi connectivity index (χ2n) is 7.30. The fourth-order valence-electron chi connectivity index (χ4n) is 3.10. The SMILES string of the molecule is CCNC(=O)c1cc(S(=O)(=O)NC(CC(C)C)c2ccc(OC)cc2)ccc1OC. The second-order valence-corrected chi connectivity index (χ2v) is 9.01. The highest BCUT2D eigenvalue weighted by Gasteiger charge is 2.24. The van der Waals surface area contributed by atoms with Gasteiger partial charge in [0.05, 0.1) is 24.7 Å². The van der Waals surface area contributed by atoms with Crippen LogP contribution in [0.2, 0.25) is 0 Å². The van der Waals surface area contributed by atoms with Crippen LogP contribution in [0.1, 0.15) is 49.2 Å². The zero-order chi connectivity index (χ0) is 22.3. The van der Waals surface area contributed by atoms with Gasteiger partial charge in [-0.2, -0.15) is 0 Å². The Balaban J connectivity index is 2.39. The minimum atomic E-state index is -3.88.